The van der Waals surface area contributed by atoms with Crippen LogP contribution in [0.2, 0.25) is 0 Å². The van der Waals surface area contributed by atoms with Crippen molar-refractivity contribution in [1.82, 2.24) is 10.0 Å². The van der Waals surface area contributed by atoms with Crippen LogP contribution in [0, 0.1) is 20.2 Å². The lowest BCUT2D eigenvalue weighted by Crippen LogP contribution is -2.56. The van der Waals surface area contributed by atoms with Crippen LogP contribution in [0.15, 0.2) is 48.5 Å². The molecule has 1 heterocycles. The minimum Gasteiger partial charge on any atom is -0.292 e. The average Bonchev–Trinajstić information content (AvgIpc) is 2.77. The molecular formula is C20H16N4O8. The average molecular weight is 440 g/mol. The topological polar surface area (TPSA) is 161 Å². The van der Waals surface area contributed by atoms with Gasteiger partial charge in [0.2, 0.25) is 11.8 Å². The Morgan fingerprint density at radius 3 is 2.06 bits per heavy atom. The zero-order valence-corrected chi connectivity index (χ0v) is 16.5. The predicted octanol–water partition coefficient (Wildman–Crippen LogP) is 2.28. The van der Waals surface area contributed by atoms with Gasteiger partial charge in [0.25, 0.3) is 17.3 Å². The fraction of sp³-hybridized carbons (Fsp3) is 0.200. The van der Waals surface area contributed by atoms with Crippen molar-refractivity contribution in [1.29, 1.82) is 0 Å². The fourth-order valence-corrected chi connectivity index (χ4v) is 3.19. The summed E-state index contributed by atoms with van der Waals surface area (Å²) in [6.07, 6.45) is 0.189. The molecule has 0 bridgehead atoms. The summed E-state index contributed by atoms with van der Waals surface area (Å²) in [5, 5.41) is 23.3. The molecule has 2 aromatic carbocycles. The number of para-hydroxylation sites is 1. The molecular weight excluding hydrogens is 424 g/mol. The predicted molar refractivity (Wildman–Crippen MR) is 107 cm³/mol. The second-order valence-corrected chi connectivity index (χ2v) is 6.82. The van der Waals surface area contributed by atoms with Gasteiger partial charge in [-0.2, -0.15) is 5.01 Å². The third-order valence-electron chi connectivity index (χ3n) is 4.75. The Kier molecular flexibility index (Phi) is 6.33. The van der Waals surface area contributed by atoms with Crippen molar-refractivity contribution in [2.75, 3.05) is 6.54 Å². The van der Waals surface area contributed by atoms with Crippen LogP contribution in [0.5, 0.6) is 0 Å². The van der Waals surface area contributed by atoms with Crippen molar-refractivity contribution in [2.24, 2.45) is 0 Å². The monoisotopic (exact) mass is 440 g/mol. The second kappa shape index (κ2) is 9.12. The van der Waals surface area contributed by atoms with E-state index in [1.807, 2.05) is 0 Å². The molecule has 0 spiro atoms. The van der Waals surface area contributed by atoms with Crippen molar-refractivity contribution in [3.63, 3.8) is 0 Å². The molecule has 12 nitrogen and oxygen atoms in total. The molecule has 0 atom stereocenters. The van der Waals surface area contributed by atoms with Crippen LogP contribution in [0.4, 0.5) is 11.4 Å². The van der Waals surface area contributed by atoms with Crippen LogP contribution in [0.3, 0.4) is 0 Å². The molecule has 0 saturated carbocycles. The Balaban J connectivity index is 1.99. The Morgan fingerprint density at radius 2 is 1.50 bits per heavy atom. The van der Waals surface area contributed by atoms with Crippen molar-refractivity contribution in [3.05, 3.63) is 79.9 Å². The van der Waals surface area contributed by atoms with E-state index in [0.29, 0.717) is 10.0 Å². The molecule has 0 unspecified atom stereocenters. The van der Waals surface area contributed by atoms with Gasteiger partial charge in [-0.05, 0) is 24.6 Å². The van der Waals surface area contributed by atoms with E-state index in [2.05, 4.69) is 0 Å². The zero-order chi connectivity index (χ0) is 23.4. The minimum atomic E-state index is -1.07. The Hall–Kier alpha value is -4.48. The molecule has 0 N–H and O–H groups in total. The number of ketones is 1. The molecule has 0 aliphatic carbocycles. The standard InChI is InChI=1S/C20H16N4O8/c25-17(13-8-10-14(11-9-13)23(29)30)12-21(22-18(26)6-3-7-19(22)27)20(28)15-4-1-2-5-16(15)24(31)32/h1-2,4-5,8-11H,3,6-7,12H2. The lowest BCUT2D eigenvalue weighted by molar-refractivity contribution is -0.385. The number of piperidine rings is 1. The number of rotatable bonds is 7. The Morgan fingerprint density at radius 1 is 0.906 bits per heavy atom. The Bertz CT molecular complexity index is 1110. The van der Waals surface area contributed by atoms with Crippen molar-refractivity contribution in [3.8, 4) is 0 Å². The number of hydrogen-bond donors (Lipinski definition) is 0. The first-order valence-corrected chi connectivity index (χ1v) is 9.39. The molecule has 1 aliphatic rings. The smallest absolute Gasteiger partial charge is 0.282 e. The SMILES string of the molecule is O=C(CN(C(=O)c1ccccc1[N+](=O)[O-])N1C(=O)CCCC1=O)c1ccc([N+](=O)[O-])cc1. The first-order valence-electron chi connectivity index (χ1n) is 9.39. The van der Waals surface area contributed by atoms with Crippen LogP contribution < -0.4 is 0 Å². The van der Waals surface area contributed by atoms with Gasteiger partial charge < -0.3 is 0 Å². The first kappa shape index (κ1) is 22.2. The van der Waals surface area contributed by atoms with E-state index in [1.165, 1.54) is 24.3 Å². The number of hydrogen-bond acceptors (Lipinski definition) is 8. The van der Waals surface area contributed by atoms with Gasteiger partial charge in [0.05, 0.1) is 9.85 Å². The summed E-state index contributed by atoms with van der Waals surface area (Å²) < 4.78 is 0. The number of benzene rings is 2. The van der Waals surface area contributed by atoms with Crippen LogP contribution >= 0.6 is 0 Å². The van der Waals surface area contributed by atoms with Crippen LogP contribution in [-0.4, -0.2) is 49.9 Å². The lowest BCUT2D eigenvalue weighted by atomic mass is 10.1. The number of hydrazine groups is 1. The molecule has 2 aromatic rings. The van der Waals surface area contributed by atoms with E-state index < -0.39 is 51.1 Å². The van der Waals surface area contributed by atoms with Gasteiger partial charge >= 0.3 is 0 Å². The van der Waals surface area contributed by atoms with E-state index in [-0.39, 0.29) is 30.5 Å². The quantitative estimate of drug-likeness (QED) is 0.274. The number of non-ortho nitro benzene ring substituents is 1. The number of carbonyl (C=O) groups is 4. The summed E-state index contributed by atoms with van der Waals surface area (Å²) in [5.74, 6) is -3.23. The molecule has 1 aliphatic heterocycles. The van der Waals surface area contributed by atoms with Gasteiger partial charge in [-0.3, -0.25) is 39.4 Å². The maximum absolute atomic E-state index is 13.2. The maximum Gasteiger partial charge on any atom is 0.282 e. The van der Waals surface area contributed by atoms with Crippen molar-refractivity contribution in [2.45, 2.75) is 19.3 Å². The van der Waals surface area contributed by atoms with E-state index in [0.717, 1.165) is 24.3 Å². The molecule has 3 amide bonds. The molecule has 164 valence electrons. The zero-order valence-electron chi connectivity index (χ0n) is 16.5. The van der Waals surface area contributed by atoms with Gasteiger partial charge in [-0.25, -0.2) is 5.01 Å². The van der Waals surface area contributed by atoms with Crippen LogP contribution in [0.1, 0.15) is 40.0 Å². The summed E-state index contributed by atoms with van der Waals surface area (Å²) in [7, 11) is 0. The lowest BCUT2D eigenvalue weighted by Gasteiger charge is -2.34. The molecule has 0 radical (unpaired) electrons. The number of nitro benzene ring substituents is 2. The molecule has 32 heavy (non-hydrogen) atoms. The third-order valence-corrected chi connectivity index (χ3v) is 4.75. The maximum atomic E-state index is 13.2. The highest BCUT2D eigenvalue weighted by Gasteiger charge is 2.37. The van der Waals surface area contributed by atoms with Crippen molar-refractivity contribution >= 4 is 34.9 Å². The van der Waals surface area contributed by atoms with Gasteiger partial charge in [-0.15, -0.1) is 0 Å². The van der Waals surface area contributed by atoms with Crippen LogP contribution in [0.25, 0.3) is 0 Å². The van der Waals surface area contributed by atoms with E-state index in [4.69, 9.17) is 0 Å². The molecule has 12 heteroatoms. The summed E-state index contributed by atoms with van der Waals surface area (Å²) >= 11 is 0. The van der Waals surface area contributed by atoms with E-state index >= 15 is 0 Å². The largest absolute Gasteiger partial charge is 0.292 e. The normalized spacial score (nSPS) is 13.6. The number of Topliss-reactive ketones (excluding diaryl/α,β-unsaturated/α-hetero) is 1. The highest BCUT2D eigenvalue weighted by molar-refractivity contribution is 6.07. The number of carbonyl (C=O) groups excluding carboxylic acids is 4. The Labute approximate surface area is 180 Å². The van der Waals surface area contributed by atoms with Crippen molar-refractivity contribution < 1.29 is 29.0 Å². The molecule has 1 saturated heterocycles. The third kappa shape index (κ3) is 4.48. The van der Waals surface area contributed by atoms with Gasteiger partial charge in [0, 0.05) is 36.6 Å². The van der Waals surface area contributed by atoms with Gasteiger partial charge in [0.15, 0.2) is 5.78 Å². The van der Waals surface area contributed by atoms with Gasteiger partial charge in [-0.1, -0.05) is 12.1 Å². The summed E-state index contributed by atoms with van der Waals surface area (Å²) in [4.78, 5) is 71.6. The second-order valence-electron chi connectivity index (χ2n) is 6.82. The molecule has 1 fully saturated rings. The highest BCUT2D eigenvalue weighted by Crippen LogP contribution is 2.24. The first-order chi connectivity index (χ1) is 15.2. The van der Waals surface area contributed by atoms with E-state index in [1.54, 1.807) is 0 Å². The number of nitro groups is 2. The number of nitrogens with zero attached hydrogens (tertiary/aromatic N) is 4. The molecule has 3 rings (SSSR count). The summed E-state index contributed by atoms with van der Waals surface area (Å²) in [6, 6.07) is 9.50. The molecule has 0 aromatic heterocycles. The number of amides is 3. The highest BCUT2D eigenvalue weighted by atomic mass is 16.6. The van der Waals surface area contributed by atoms with E-state index in [9.17, 15) is 39.4 Å². The number of imide groups is 1. The fourth-order valence-electron chi connectivity index (χ4n) is 3.19. The summed E-state index contributed by atoms with van der Waals surface area (Å²) in [6.45, 7) is -0.778. The van der Waals surface area contributed by atoms with Gasteiger partial charge in [0.1, 0.15) is 12.1 Å². The minimum absolute atomic E-state index is 0.00660. The van der Waals surface area contributed by atoms with Crippen LogP contribution in [-0.2, 0) is 9.59 Å². The summed E-state index contributed by atoms with van der Waals surface area (Å²) in [5.41, 5.74) is -1.22.